The van der Waals surface area contributed by atoms with Crippen molar-refractivity contribution in [3.63, 3.8) is 0 Å². The van der Waals surface area contributed by atoms with E-state index >= 15 is 0 Å². The van der Waals surface area contributed by atoms with Crippen LogP contribution in [0.2, 0.25) is 0 Å². The van der Waals surface area contributed by atoms with E-state index in [2.05, 4.69) is 4.90 Å². The maximum Gasteiger partial charge on any atom is 0.102 e. The average Bonchev–Trinajstić information content (AvgIpc) is 1.94. The zero-order chi connectivity index (χ0) is 8.32. The predicted octanol–water partition coefficient (Wildman–Crippen LogP) is 0.803. The second kappa shape index (κ2) is 3.50. The Balaban J connectivity index is 2.25. The number of piperidine rings is 1. The number of hydrogen-bond donors (Lipinski definition) is 1. The van der Waals surface area contributed by atoms with E-state index < -0.39 is 5.60 Å². The Morgan fingerprint density at radius 1 is 1.45 bits per heavy atom. The first-order chi connectivity index (χ1) is 5.14. The molecule has 0 saturated carbocycles. The van der Waals surface area contributed by atoms with Crippen molar-refractivity contribution >= 4 is 0 Å². The summed E-state index contributed by atoms with van der Waals surface area (Å²) in [5.41, 5.74) is -0.507. The van der Waals surface area contributed by atoms with E-state index in [1.807, 2.05) is 6.92 Å². The SMILES string of the molecule is CC1(O)CCN(CCF)CC1. The van der Waals surface area contributed by atoms with Crippen LogP contribution < -0.4 is 0 Å². The molecule has 1 saturated heterocycles. The van der Waals surface area contributed by atoms with Gasteiger partial charge in [0, 0.05) is 19.6 Å². The Kier molecular flexibility index (Phi) is 2.84. The second-order valence-corrected chi connectivity index (χ2v) is 3.53. The lowest BCUT2D eigenvalue weighted by Gasteiger charge is -2.35. The molecule has 1 aliphatic heterocycles. The van der Waals surface area contributed by atoms with Gasteiger partial charge in [0.2, 0.25) is 0 Å². The fourth-order valence-corrected chi connectivity index (χ4v) is 1.38. The highest BCUT2D eigenvalue weighted by Crippen LogP contribution is 2.20. The quantitative estimate of drug-likeness (QED) is 0.647. The molecule has 0 amide bonds. The van der Waals surface area contributed by atoms with Gasteiger partial charge in [0.25, 0.3) is 0 Å². The fourth-order valence-electron chi connectivity index (χ4n) is 1.38. The first-order valence-electron chi connectivity index (χ1n) is 4.15. The van der Waals surface area contributed by atoms with Gasteiger partial charge in [-0.3, -0.25) is 0 Å². The van der Waals surface area contributed by atoms with Crippen molar-refractivity contribution in [2.24, 2.45) is 0 Å². The van der Waals surface area contributed by atoms with Crippen molar-refractivity contribution in [3.05, 3.63) is 0 Å². The molecule has 0 aromatic carbocycles. The van der Waals surface area contributed by atoms with Crippen molar-refractivity contribution in [2.75, 3.05) is 26.3 Å². The largest absolute Gasteiger partial charge is 0.390 e. The zero-order valence-corrected chi connectivity index (χ0v) is 7.02. The third-order valence-electron chi connectivity index (χ3n) is 2.33. The van der Waals surface area contributed by atoms with Gasteiger partial charge in [-0.05, 0) is 19.8 Å². The average molecular weight is 161 g/mol. The molecule has 0 atom stereocenters. The highest BCUT2D eigenvalue weighted by molar-refractivity contribution is 4.81. The molecule has 0 unspecified atom stereocenters. The van der Waals surface area contributed by atoms with Crippen LogP contribution in [0.4, 0.5) is 4.39 Å². The minimum absolute atomic E-state index is 0.276. The summed E-state index contributed by atoms with van der Waals surface area (Å²) >= 11 is 0. The van der Waals surface area contributed by atoms with Crippen LogP contribution in [-0.4, -0.2) is 41.9 Å². The molecule has 0 aliphatic carbocycles. The third-order valence-corrected chi connectivity index (χ3v) is 2.33. The summed E-state index contributed by atoms with van der Waals surface area (Å²) in [4.78, 5) is 2.05. The summed E-state index contributed by atoms with van der Waals surface area (Å²) < 4.78 is 11.9. The lowest BCUT2D eigenvalue weighted by Crippen LogP contribution is -2.43. The highest BCUT2D eigenvalue weighted by atomic mass is 19.1. The van der Waals surface area contributed by atoms with Crippen LogP contribution in [0.1, 0.15) is 19.8 Å². The number of nitrogens with zero attached hydrogens (tertiary/aromatic N) is 1. The second-order valence-electron chi connectivity index (χ2n) is 3.53. The fraction of sp³-hybridized carbons (Fsp3) is 1.00. The van der Waals surface area contributed by atoms with Crippen LogP contribution in [0.3, 0.4) is 0 Å². The number of halogens is 1. The molecule has 0 radical (unpaired) electrons. The Labute approximate surface area is 67.0 Å². The van der Waals surface area contributed by atoms with Gasteiger partial charge in [-0.25, -0.2) is 4.39 Å². The van der Waals surface area contributed by atoms with Gasteiger partial charge in [-0.2, -0.15) is 0 Å². The van der Waals surface area contributed by atoms with Crippen LogP contribution >= 0.6 is 0 Å². The maximum absolute atomic E-state index is 11.9. The molecule has 1 heterocycles. The van der Waals surface area contributed by atoms with E-state index in [-0.39, 0.29) is 6.67 Å². The van der Waals surface area contributed by atoms with Gasteiger partial charge < -0.3 is 10.0 Å². The van der Waals surface area contributed by atoms with Gasteiger partial charge >= 0.3 is 0 Å². The van der Waals surface area contributed by atoms with Gasteiger partial charge in [-0.1, -0.05) is 0 Å². The molecular formula is C8H16FNO. The maximum atomic E-state index is 11.9. The van der Waals surface area contributed by atoms with Crippen LogP contribution in [0.25, 0.3) is 0 Å². The molecular weight excluding hydrogens is 145 g/mol. The van der Waals surface area contributed by atoms with E-state index in [9.17, 15) is 9.50 Å². The van der Waals surface area contributed by atoms with Gasteiger partial charge in [0.15, 0.2) is 0 Å². The normalized spacial score (nSPS) is 25.4. The Morgan fingerprint density at radius 2 is 2.00 bits per heavy atom. The van der Waals surface area contributed by atoms with Crippen LogP contribution in [0.5, 0.6) is 0 Å². The Morgan fingerprint density at radius 3 is 2.45 bits per heavy atom. The Hall–Kier alpha value is -0.150. The summed E-state index contributed by atoms with van der Waals surface area (Å²) in [5.74, 6) is 0. The third kappa shape index (κ3) is 2.75. The van der Waals surface area contributed by atoms with Crippen molar-refractivity contribution in [1.82, 2.24) is 4.90 Å². The van der Waals surface area contributed by atoms with Crippen LogP contribution in [0, 0.1) is 0 Å². The topological polar surface area (TPSA) is 23.5 Å². The predicted molar refractivity (Wildman–Crippen MR) is 42.3 cm³/mol. The number of alkyl halides is 1. The van der Waals surface area contributed by atoms with E-state index in [0.29, 0.717) is 6.54 Å². The molecule has 0 aromatic heterocycles. The van der Waals surface area contributed by atoms with E-state index in [0.717, 1.165) is 25.9 Å². The monoisotopic (exact) mass is 161 g/mol. The number of aliphatic hydroxyl groups is 1. The van der Waals surface area contributed by atoms with Gasteiger partial charge in [-0.15, -0.1) is 0 Å². The summed E-state index contributed by atoms with van der Waals surface area (Å²) in [7, 11) is 0. The molecule has 11 heavy (non-hydrogen) atoms. The molecule has 0 bridgehead atoms. The Bertz CT molecular complexity index is 117. The van der Waals surface area contributed by atoms with Crippen LogP contribution in [0.15, 0.2) is 0 Å². The van der Waals surface area contributed by atoms with Crippen molar-refractivity contribution in [2.45, 2.75) is 25.4 Å². The first-order valence-corrected chi connectivity index (χ1v) is 4.15. The number of rotatable bonds is 2. The molecule has 0 aromatic rings. The number of hydrogen-bond acceptors (Lipinski definition) is 2. The summed E-state index contributed by atoms with van der Waals surface area (Å²) in [5, 5.41) is 9.54. The molecule has 1 fully saturated rings. The van der Waals surface area contributed by atoms with E-state index in [1.165, 1.54) is 0 Å². The molecule has 2 nitrogen and oxygen atoms in total. The van der Waals surface area contributed by atoms with Crippen molar-refractivity contribution < 1.29 is 9.50 Å². The molecule has 1 rings (SSSR count). The summed E-state index contributed by atoms with van der Waals surface area (Å²) in [6.07, 6.45) is 1.54. The molecule has 0 spiro atoms. The van der Waals surface area contributed by atoms with Gasteiger partial charge in [0.1, 0.15) is 6.67 Å². The zero-order valence-electron chi connectivity index (χ0n) is 7.02. The standard InChI is InChI=1S/C8H16FNO/c1-8(11)2-5-10(6-3-8)7-4-9/h11H,2-7H2,1H3. The van der Waals surface area contributed by atoms with Crippen molar-refractivity contribution in [1.29, 1.82) is 0 Å². The van der Waals surface area contributed by atoms with Crippen molar-refractivity contribution in [3.8, 4) is 0 Å². The van der Waals surface area contributed by atoms with Crippen LogP contribution in [-0.2, 0) is 0 Å². The first kappa shape index (κ1) is 8.94. The molecule has 1 aliphatic rings. The highest BCUT2D eigenvalue weighted by Gasteiger charge is 2.26. The lowest BCUT2D eigenvalue weighted by atomic mass is 9.94. The van der Waals surface area contributed by atoms with E-state index in [4.69, 9.17) is 0 Å². The smallest absolute Gasteiger partial charge is 0.102 e. The van der Waals surface area contributed by atoms with Gasteiger partial charge in [0.05, 0.1) is 5.60 Å². The lowest BCUT2D eigenvalue weighted by molar-refractivity contribution is -0.00631. The summed E-state index contributed by atoms with van der Waals surface area (Å²) in [6, 6.07) is 0. The minimum atomic E-state index is -0.507. The molecule has 1 N–H and O–H groups in total. The summed E-state index contributed by atoms with van der Waals surface area (Å²) in [6.45, 7) is 3.76. The minimum Gasteiger partial charge on any atom is -0.390 e. The van der Waals surface area contributed by atoms with E-state index in [1.54, 1.807) is 0 Å². The number of likely N-dealkylation sites (tertiary alicyclic amines) is 1. The molecule has 66 valence electrons. The molecule has 3 heteroatoms.